The Morgan fingerprint density at radius 1 is 1.29 bits per heavy atom. The highest BCUT2D eigenvalue weighted by Gasteiger charge is 2.11. The molecular formula is C13H13F2NO. The third kappa shape index (κ3) is 2.91. The molecule has 1 aromatic heterocycles. The van der Waals surface area contributed by atoms with E-state index in [0.717, 1.165) is 11.8 Å². The molecule has 2 aromatic rings. The predicted molar refractivity (Wildman–Crippen MR) is 60.3 cm³/mol. The van der Waals surface area contributed by atoms with Gasteiger partial charge in [0.2, 0.25) is 0 Å². The molecule has 0 amide bonds. The first-order valence-electron chi connectivity index (χ1n) is 5.37. The van der Waals surface area contributed by atoms with Crippen LogP contribution in [0.1, 0.15) is 24.3 Å². The summed E-state index contributed by atoms with van der Waals surface area (Å²) in [5.41, 5.74) is 0.443. The van der Waals surface area contributed by atoms with E-state index in [1.54, 1.807) is 12.3 Å². The predicted octanol–water partition coefficient (Wildman–Crippen LogP) is 3.41. The highest BCUT2D eigenvalue weighted by Crippen LogP contribution is 2.18. The average molecular weight is 237 g/mol. The van der Waals surface area contributed by atoms with Gasteiger partial charge in [-0.1, -0.05) is 6.07 Å². The van der Waals surface area contributed by atoms with Crippen molar-refractivity contribution in [2.75, 3.05) is 0 Å². The largest absolute Gasteiger partial charge is 0.468 e. The molecule has 0 spiro atoms. The summed E-state index contributed by atoms with van der Waals surface area (Å²) < 4.78 is 31.4. The second-order valence-corrected chi connectivity index (χ2v) is 3.85. The van der Waals surface area contributed by atoms with E-state index in [2.05, 4.69) is 5.32 Å². The van der Waals surface area contributed by atoms with Crippen molar-refractivity contribution in [3.05, 3.63) is 59.6 Å². The zero-order valence-corrected chi connectivity index (χ0v) is 9.41. The molecule has 1 N–H and O–H groups in total. The summed E-state index contributed by atoms with van der Waals surface area (Å²) in [6, 6.07) is 7.01. The molecule has 2 nitrogen and oxygen atoms in total. The van der Waals surface area contributed by atoms with Gasteiger partial charge in [0.05, 0.1) is 12.8 Å². The lowest BCUT2D eigenvalue weighted by molar-refractivity contribution is 0.451. The van der Waals surface area contributed by atoms with E-state index in [9.17, 15) is 8.78 Å². The molecular weight excluding hydrogens is 224 g/mol. The number of halogens is 2. The van der Waals surface area contributed by atoms with Crippen molar-refractivity contribution in [2.24, 2.45) is 0 Å². The van der Waals surface area contributed by atoms with Gasteiger partial charge >= 0.3 is 0 Å². The number of nitrogens with one attached hydrogen (secondary N) is 1. The molecule has 0 aliphatic heterocycles. The van der Waals surface area contributed by atoms with Crippen LogP contribution in [0.3, 0.4) is 0 Å². The molecule has 90 valence electrons. The van der Waals surface area contributed by atoms with E-state index in [0.29, 0.717) is 12.1 Å². The zero-order valence-electron chi connectivity index (χ0n) is 9.41. The molecule has 1 atom stereocenters. The summed E-state index contributed by atoms with van der Waals surface area (Å²) in [7, 11) is 0. The average Bonchev–Trinajstić information content (AvgIpc) is 2.78. The van der Waals surface area contributed by atoms with Crippen LogP contribution in [0.2, 0.25) is 0 Å². The van der Waals surface area contributed by atoms with Crippen molar-refractivity contribution < 1.29 is 13.2 Å². The van der Waals surface area contributed by atoms with Crippen LogP contribution in [0, 0.1) is 11.6 Å². The summed E-state index contributed by atoms with van der Waals surface area (Å²) >= 11 is 0. The van der Waals surface area contributed by atoms with Crippen molar-refractivity contribution in [1.82, 2.24) is 5.32 Å². The minimum absolute atomic E-state index is 0.208. The third-order valence-electron chi connectivity index (χ3n) is 2.59. The van der Waals surface area contributed by atoms with E-state index >= 15 is 0 Å². The molecule has 2 rings (SSSR count). The first kappa shape index (κ1) is 11.8. The van der Waals surface area contributed by atoms with Gasteiger partial charge in [0.25, 0.3) is 0 Å². The molecule has 0 saturated heterocycles. The van der Waals surface area contributed by atoms with E-state index < -0.39 is 11.6 Å². The van der Waals surface area contributed by atoms with Crippen molar-refractivity contribution in [2.45, 2.75) is 19.5 Å². The fraction of sp³-hybridized carbons (Fsp3) is 0.231. The van der Waals surface area contributed by atoms with Crippen molar-refractivity contribution in [3.8, 4) is 0 Å². The maximum atomic E-state index is 13.5. The SMILES string of the molecule is CC(NCc1ccco1)c1ccc(F)cc1F. The Morgan fingerprint density at radius 3 is 2.76 bits per heavy atom. The molecule has 1 unspecified atom stereocenters. The number of rotatable bonds is 4. The quantitative estimate of drug-likeness (QED) is 0.881. The summed E-state index contributed by atoms with van der Waals surface area (Å²) in [6.45, 7) is 2.32. The van der Waals surface area contributed by atoms with Gasteiger partial charge in [-0.25, -0.2) is 8.78 Å². The lowest BCUT2D eigenvalue weighted by atomic mass is 10.1. The van der Waals surface area contributed by atoms with E-state index in [1.807, 2.05) is 13.0 Å². The Hall–Kier alpha value is -1.68. The second-order valence-electron chi connectivity index (χ2n) is 3.85. The highest BCUT2D eigenvalue weighted by atomic mass is 19.1. The summed E-state index contributed by atoms with van der Waals surface area (Å²) in [5.74, 6) is -0.326. The van der Waals surface area contributed by atoms with Crippen LogP contribution in [-0.2, 0) is 6.54 Å². The van der Waals surface area contributed by atoms with E-state index in [-0.39, 0.29) is 6.04 Å². The Morgan fingerprint density at radius 2 is 2.12 bits per heavy atom. The second kappa shape index (κ2) is 5.10. The van der Waals surface area contributed by atoms with Gasteiger partial charge in [-0.2, -0.15) is 0 Å². The minimum atomic E-state index is -0.565. The lowest BCUT2D eigenvalue weighted by Crippen LogP contribution is -2.18. The molecule has 0 aliphatic carbocycles. The van der Waals surface area contributed by atoms with Crippen LogP contribution in [0.25, 0.3) is 0 Å². The maximum absolute atomic E-state index is 13.5. The fourth-order valence-electron chi connectivity index (χ4n) is 1.63. The first-order chi connectivity index (χ1) is 8.16. The van der Waals surface area contributed by atoms with Crippen LogP contribution in [-0.4, -0.2) is 0 Å². The Balaban J connectivity index is 2.01. The maximum Gasteiger partial charge on any atom is 0.130 e. The van der Waals surface area contributed by atoms with E-state index in [1.165, 1.54) is 12.1 Å². The molecule has 0 bridgehead atoms. The smallest absolute Gasteiger partial charge is 0.130 e. The van der Waals surface area contributed by atoms with Gasteiger partial charge in [-0.15, -0.1) is 0 Å². The van der Waals surface area contributed by atoms with Crippen LogP contribution in [0.4, 0.5) is 8.78 Å². The number of furan rings is 1. The topological polar surface area (TPSA) is 25.2 Å². The zero-order chi connectivity index (χ0) is 12.3. The first-order valence-corrected chi connectivity index (χ1v) is 5.37. The molecule has 0 fully saturated rings. The highest BCUT2D eigenvalue weighted by molar-refractivity contribution is 5.21. The molecule has 0 saturated carbocycles. The van der Waals surface area contributed by atoms with Crippen LogP contribution in [0.5, 0.6) is 0 Å². The molecule has 1 heterocycles. The number of hydrogen-bond donors (Lipinski definition) is 1. The van der Waals surface area contributed by atoms with Gasteiger partial charge in [-0.3, -0.25) is 0 Å². The van der Waals surface area contributed by atoms with Gasteiger partial charge in [0, 0.05) is 17.7 Å². The summed E-state index contributed by atoms with van der Waals surface area (Å²) in [5, 5.41) is 3.11. The van der Waals surface area contributed by atoms with E-state index in [4.69, 9.17) is 4.42 Å². The molecule has 0 radical (unpaired) electrons. The number of hydrogen-bond acceptors (Lipinski definition) is 2. The van der Waals surface area contributed by atoms with Crippen molar-refractivity contribution in [1.29, 1.82) is 0 Å². The molecule has 0 aliphatic rings. The fourth-order valence-corrected chi connectivity index (χ4v) is 1.63. The van der Waals surface area contributed by atoms with Gasteiger partial charge < -0.3 is 9.73 Å². The normalized spacial score (nSPS) is 12.6. The standard InChI is InChI=1S/C13H13F2NO/c1-9(16-8-11-3-2-6-17-11)12-5-4-10(14)7-13(12)15/h2-7,9,16H,8H2,1H3. The third-order valence-corrected chi connectivity index (χ3v) is 2.59. The lowest BCUT2D eigenvalue weighted by Gasteiger charge is -2.14. The Bertz CT molecular complexity index is 482. The van der Waals surface area contributed by atoms with Gasteiger partial charge in [-0.05, 0) is 25.1 Å². The van der Waals surface area contributed by atoms with Gasteiger partial charge in [0.1, 0.15) is 17.4 Å². The minimum Gasteiger partial charge on any atom is -0.468 e. The summed E-state index contributed by atoms with van der Waals surface area (Å²) in [6.07, 6.45) is 1.58. The van der Waals surface area contributed by atoms with Crippen molar-refractivity contribution >= 4 is 0 Å². The van der Waals surface area contributed by atoms with Crippen LogP contribution < -0.4 is 5.32 Å². The van der Waals surface area contributed by atoms with Crippen molar-refractivity contribution in [3.63, 3.8) is 0 Å². The Labute approximate surface area is 98.3 Å². The number of benzene rings is 1. The molecule has 4 heteroatoms. The van der Waals surface area contributed by atoms with Crippen LogP contribution >= 0.6 is 0 Å². The Kier molecular flexibility index (Phi) is 3.54. The summed E-state index contributed by atoms with van der Waals surface area (Å²) in [4.78, 5) is 0. The van der Waals surface area contributed by atoms with Crippen LogP contribution in [0.15, 0.2) is 41.0 Å². The molecule has 17 heavy (non-hydrogen) atoms. The molecule has 1 aromatic carbocycles. The monoisotopic (exact) mass is 237 g/mol. The van der Waals surface area contributed by atoms with Gasteiger partial charge in [0.15, 0.2) is 0 Å².